The molecular formula is C2H8As2. The van der Waals surface area contributed by atoms with Crippen LogP contribution in [0.2, 0.25) is 10.4 Å². The number of hydrogen-bond donors (Lipinski definition) is 0. The third kappa shape index (κ3) is 3.12. The van der Waals surface area contributed by atoms with Gasteiger partial charge in [0.05, 0.1) is 0 Å². The molecule has 0 spiro atoms. The Morgan fingerprint density at radius 3 is 1.25 bits per heavy atom. The summed E-state index contributed by atoms with van der Waals surface area (Å²) in [7, 11) is 0. The predicted molar refractivity (Wildman–Crippen MR) is 26.7 cm³/mol. The summed E-state index contributed by atoms with van der Waals surface area (Å²) >= 11 is 3.68. The van der Waals surface area contributed by atoms with Crippen LogP contribution in [0.4, 0.5) is 0 Å². The molecule has 26 valence electrons. The van der Waals surface area contributed by atoms with E-state index in [0.717, 1.165) is 0 Å². The Morgan fingerprint density at radius 1 is 1.00 bits per heavy atom. The van der Waals surface area contributed by atoms with Crippen LogP contribution in [0.3, 0.4) is 0 Å². The van der Waals surface area contributed by atoms with Gasteiger partial charge in [-0.3, -0.25) is 0 Å². The van der Waals surface area contributed by atoms with Crippen LogP contribution in [0.25, 0.3) is 0 Å². The maximum absolute atomic E-state index is 1.84. The topological polar surface area (TPSA) is 0 Å². The van der Waals surface area contributed by atoms with Crippen molar-refractivity contribution in [2.45, 2.75) is 10.4 Å². The van der Waals surface area contributed by atoms with E-state index in [1.807, 2.05) is 33.7 Å². The maximum atomic E-state index is 1.84. The van der Waals surface area contributed by atoms with Crippen molar-refractivity contribution in [3.8, 4) is 0 Å². The Hall–Kier alpha value is 1.12. The Morgan fingerprint density at radius 2 is 1.25 bits per heavy atom. The average molecular weight is 182 g/mol. The van der Waals surface area contributed by atoms with Gasteiger partial charge in [-0.15, -0.1) is 0 Å². The minimum atomic E-state index is 1.41. The standard InChI is InChI=1S/C2H8As2/c3-1-2-4/h1-4H2. The molecular weight excluding hydrogens is 174 g/mol. The van der Waals surface area contributed by atoms with Gasteiger partial charge in [0.15, 0.2) is 0 Å². The molecule has 0 fully saturated rings. The van der Waals surface area contributed by atoms with Crippen LogP contribution in [-0.4, -0.2) is 33.7 Å². The molecule has 2 heteroatoms. The van der Waals surface area contributed by atoms with Crippen molar-refractivity contribution >= 4 is 33.7 Å². The van der Waals surface area contributed by atoms with Crippen molar-refractivity contribution in [2.24, 2.45) is 0 Å². The fourth-order valence-electron chi connectivity index (χ4n) is 0. The molecule has 0 rings (SSSR count). The zero-order chi connectivity index (χ0) is 3.41. The van der Waals surface area contributed by atoms with Gasteiger partial charge < -0.3 is 0 Å². The van der Waals surface area contributed by atoms with E-state index < -0.39 is 0 Å². The molecule has 0 aliphatic rings. The van der Waals surface area contributed by atoms with E-state index in [0.29, 0.717) is 0 Å². The summed E-state index contributed by atoms with van der Waals surface area (Å²) < 4.78 is 0. The minimum absolute atomic E-state index is 1.41. The van der Waals surface area contributed by atoms with Crippen molar-refractivity contribution < 1.29 is 0 Å². The summed E-state index contributed by atoms with van der Waals surface area (Å²) in [6.07, 6.45) is 0. The van der Waals surface area contributed by atoms with E-state index in [4.69, 9.17) is 0 Å². The molecule has 2 atom stereocenters. The van der Waals surface area contributed by atoms with Crippen molar-refractivity contribution in [3.05, 3.63) is 0 Å². The quantitative estimate of drug-likeness (QED) is 0.460. The van der Waals surface area contributed by atoms with Crippen LogP contribution >= 0.6 is 0 Å². The van der Waals surface area contributed by atoms with Crippen LogP contribution in [0.1, 0.15) is 0 Å². The molecule has 0 amide bonds. The summed E-state index contributed by atoms with van der Waals surface area (Å²) in [4.78, 5) is 0. The molecule has 0 radical (unpaired) electrons. The van der Waals surface area contributed by atoms with Gasteiger partial charge in [-0.25, -0.2) is 0 Å². The number of hydrogen-bond acceptors (Lipinski definition) is 0. The Balaban J connectivity index is 1.97. The summed E-state index contributed by atoms with van der Waals surface area (Å²) in [5, 5.41) is 2.82. The van der Waals surface area contributed by atoms with Gasteiger partial charge in [-0.1, -0.05) is 0 Å². The molecule has 0 heterocycles. The molecule has 4 heavy (non-hydrogen) atoms. The SMILES string of the molecule is [AsH2]CC[AsH2]. The predicted octanol–water partition coefficient (Wildman–Crippen LogP) is -0.911. The first-order valence-corrected chi connectivity index (χ1v) is 4.74. The molecule has 0 aromatic heterocycles. The first kappa shape index (κ1) is 5.12. The van der Waals surface area contributed by atoms with Gasteiger partial charge in [-0.05, 0) is 0 Å². The normalized spacial score (nSPS) is 7.50. The average Bonchev–Trinajstić information content (AvgIpc) is 1.37. The van der Waals surface area contributed by atoms with Gasteiger partial charge >= 0.3 is 44.1 Å². The summed E-state index contributed by atoms with van der Waals surface area (Å²) in [5.41, 5.74) is 0. The molecule has 2 unspecified atom stereocenters. The molecule has 0 saturated heterocycles. The van der Waals surface area contributed by atoms with E-state index >= 15 is 0 Å². The van der Waals surface area contributed by atoms with E-state index in [1.54, 1.807) is 0 Å². The van der Waals surface area contributed by atoms with Gasteiger partial charge in [0.2, 0.25) is 0 Å². The van der Waals surface area contributed by atoms with Crippen molar-refractivity contribution in [1.82, 2.24) is 0 Å². The van der Waals surface area contributed by atoms with Crippen LogP contribution in [-0.2, 0) is 0 Å². The second-order valence-electron chi connectivity index (χ2n) is 0.577. The Bertz CT molecular complexity index is 6.00. The molecule has 0 nitrogen and oxygen atoms in total. The fraction of sp³-hybridized carbons (Fsp3) is 1.00. The second-order valence-corrected chi connectivity index (χ2v) is 3.00. The van der Waals surface area contributed by atoms with Crippen LogP contribution < -0.4 is 0 Å². The van der Waals surface area contributed by atoms with E-state index in [-0.39, 0.29) is 0 Å². The number of rotatable bonds is 1. The fourth-order valence-corrected chi connectivity index (χ4v) is 0. The molecule has 0 N–H and O–H groups in total. The zero-order valence-corrected chi connectivity index (χ0v) is 7.41. The first-order chi connectivity index (χ1) is 1.91. The molecule has 0 aromatic carbocycles. The van der Waals surface area contributed by atoms with E-state index in [9.17, 15) is 0 Å². The van der Waals surface area contributed by atoms with Gasteiger partial charge in [-0.2, -0.15) is 0 Å². The monoisotopic (exact) mass is 182 g/mol. The Labute approximate surface area is 44.3 Å². The molecule has 0 saturated carbocycles. The van der Waals surface area contributed by atoms with E-state index in [2.05, 4.69) is 0 Å². The molecule has 0 bridgehead atoms. The Kier molecular flexibility index (Phi) is 5.27. The summed E-state index contributed by atoms with van der Waals surface area (Å²) in [5.74, 6) is 0. The van der Waals surface area contributed by atoms with Crippen LogP contribution in [0.5, 0.6) is 0 Å². The summed E-state index contributed by atoms with van der Waals surface area (Å²) in [6, 6.07) is 0. The van der Waals surface area contributed by atoms with Gasteiger partial charge in [0.1, 0.15) is 0 Å². The van der Waals surface area contributed by atoms with Crippen LogP contribution in [0.15, 0.2) is 0 Å². The molecule has 0 aromatic rings. The van der Waals surface area contributed by atoms with Gasteiger partial charge in [0, 0.05) is 0 Å². The van der Waals surface area contributed by atoms with Crippen molar-refractivity contribution in [2.75, 3.05) is 0 Å². The third-order valence-corrected chi connectivity index (χ3v) is 4.50. The first-order valence-electron chi connectivity index (χ1n) is 1.32. The van der Waals surface area contributed by atoms with Crippen molar-refractivity contribution in [3.63, 3.8) is 0 Å². The third-order valence-electron chi connectivity index (χ3n) is 0.167. The molecule has 0 aliphatic heterocycles. The van der Waals surface area contributed by atoms with E-state index in [1.165, 1.54) is 10.4 Å². The summed E-state index contributed by atoms with van der Waals surface area (Å²) in [6.45, 7) is 0. The van der Waals surface area contributed by atoms with Gasteiger partial charge in [0.25, 0.3) is 0 Å². The zero-order valence-electron chi connectivity index (χ0n) is 2.57. The second kappa shape index (κ2) is 4.12. The van der Waals surface area contributed by atoms with Crippen LogP contribution in [0, 0.1) is 0 Å². The van der Waals surface area contributed by atoms with Crippen molar-refractivity contribution in [1.29, 1.82) is 0 Å². The molecule has 0 aliphatic carbocycles.